The van der Waals surface area contributed by atoms with Crippen LogP contribution in [-0.4, -0.2) is 14.5 Å². The highest BCUT2D eigenvalue weighted by Crippen LogP contribution is 2.54. The molecule has 1 unspecified atom stereocenters. The predicted molar refractivity (Wildman–Crippen MR) is 244 cm³/mol. The number of hydrogen-bond acceptors (Lipinski definition) is 3. The molecule has 0 saturated carbocycles. The lowest BCUT2D eigenvalue weighted by Crippen LogP contribution is -2.11. The van der Waals surface area contributed by atoms with Gasteiger partial charge >= 0.3 is 0 Å². The maximum atomic E-state index is 5.19. The minimum Gasteiger partial charge on any atom is -0.309 e. The average molecular weight is 760 g/mol. The summed E-state index contributed by atoms with van der Waals surface area (Å²) in [4.78, 5) is 10.2. The monoisotopic (exact) mass is 759 g/mol. The van der Waals surface area contributed by atoms with Gasteiger partial charge in [0.2, 0.25) is 0 Å². The molecule has 1 aliphatic carbocycles. The molecule has 10 aromatic rings. The highest BCUT2D eigenvalue weighted by Gasteiger charge is 2.37. The third-order valence-electron chi connectivity index (χ3n) is 11.7. The first kappa shape index (κ1) is 34.3. The second kappa shape index (κ2) is 13.6. The van der Waals surface area contributed by atoms with Crippen LogP contribution in [0.2, 0.25) is 0 Å². The van der Waals surface area contributed by atoms with Crippen molar-refractivity contribution in [2.75, 3.05) is 0 Å². The average Bonchev–Trinajstić information content (AvgIpc) is 3.74. The van der Waals surface area contributed by atoms with E-state index in [2.05, 4.69) is 187 Å². The largest absolute Gasteiger partial charge is 0.309 e. The fraction of sp³-hybridized carbons (Fsp3) is 0.0370. The summed E-state index contributed by atoms with van der Waals surface area (Å²) in [5.74, 6) is 0.705. The van der Waals surface area contributed by atoms with Gasteiger partial charge in [-0.1, -0.05) is 158 Å². The summed E-state index contributed by atoms with van der Waals surface area (Å²) in [5, 5.41) is 2.39. The van der Waals surface area contributed by atoms with Crippen LogP contribution in [0.4, 0.5) is 0 Å². The summed E-state index contributed by atoms with van der Waals surface area (Å²) in [6.07, 6.45) is 0. The molecule has 1 atom stereocenters. The third kappa shape index (κ3) is 5.60. The van der Waals surface area contributed by atoms with Crippen LogP contribution < -0.4 is 0 Å². The van der Waals surface area contributed by atoms with Gasteiger partial charge in [-0.3, -0.25) is 0 Å². The van der Waals surface area contributed by atoms with Crippen molar-refractivity contribution < 1.29 is 0 Å². The van der Waals surface area contributed by atoms with Gasteiger partial charge in [0.1, 0.15) is 0 Å². The van der Waals surface area contributed by atoms with Crippen molar-refractivity contribution >= 4 is 34.4 Å². The maximum absolute atomic E-state index is 5.19. The molecule has 11 rings (SSSR count). The van der Waals surface area contributed by atoms with Crippen molar-refractivity contribution in [3.05, 3.63) is 211 Å². The summed E-state index contributed by atoms with van der Waals surface area (Å²) in [6.45, 7) is 2.21. The Balaban J connectivity index is 1.07. The Morgan fingerprint density at radius 1 is 0.414 bits per heavy atom. The maximum Gasteiger partial charge on any atom is 0.160 e. The second-order valence-corrected chi connectivity index (χ2v) is 16.2. The summed E-state index contributed by atoms with van der Waals surface area (Å²) >= 11 is 5.19. The molecule has 274 valence electrons. The van der Waals surface area contributed by atoms with Gasteiger partial charge in [-0.25, -0.2) is 9.97 Å². The van der Waals surface area contributed by atoms with Crippen molar-refractivity contribution in [2.24, 2.45) is 0 Å². The Hall–Kier alpha value is -7.01. The number of fused-ring (bicyclic) bond motifs is 6. The van der Waals surface area contributed by atoms with E-state index >= 15 is 0 Å². The summed E-state index contributed by atoms with van der Waals surface area (Å²) in [6, 6.07) is 71.3. The molecule has 0 saturated heterocycles. The standard InChI is InChI=1S/C54H37N3S/c1-54(58)46-25-12-11-23-44(46)52-42(24-14-26-47(52)54)39-20-13-19-37(31-39)38-28-30-50-45(32-38)43-29-27-40(33-51(43)57(50)41-21-9-4-10-22-41)49-34-48(35-15-5-2-6-16-35)55-53(56-49)36-17-7-3-8-18-36/h2-34,58H,1H3. The van der Waals surface area contributed by atoms with Crippen molar-refractivity contribution in [3.8, 4) is 73.0 Å². The Kier molecular flexibility index (Phi) is 8.02. The molecule has 1 aliphatic rings. The van der Waals surface area contributed by atoms with E-state index in [4.69, 9.17) is 22.6 Å². The van der Waals surface area contributed by atoms with Gasteiger partial charge in [0.15, 0.2) is 5.82 Å². The van der Waals surface area contributed by atoms with E-state index in [0.717, 1.165) is 44.8 Å². The minimum absolute atomic E-state index is 0.348. The number of benzene rings is 8. The lowest BCUT2D eigenvalue weighted by molar-refractivity contribution is 0.878. The van der Waals surface area contributed by atoms with E-state index in [9.17, 15) is 0 Å². The van der Waals surface area contributed by atoms with Gasteiger partial charge in [-0.15, -0.1) is 0 Å². The minimum atomic E-state index is -0.348. The van der Waals surface area contributed by atoms with Gasteiger partial charge in [-0.2, -0.15) is 12.6 Å². The number of nitrogens with zero attached hydrogens (tertiary/aromatic N) is 3. The summed E-state index contributed by atoms with van der Waals surface area (Å²) < 4.78 is 2.03. The SMILES string of the molecule is CC1(S)c2ccccc2-c2c(-c3cccc(-c4ccc5c(c4)c4ccc(-c6cc(-c7ccccc7)nc(-c7ccccc7)n6)cc4n5-c4ccccc4)c3)cccc21. The molecular formula is C54H37N3S. The zero-order chi connectivity index (χ0) is 38.8. The molecular weight excluding hydrogens is 723 g/mol. The van der Waals surface area contributed by atoms with Crippen LogP contribution in [0.25, 0.3) is 94.8 Å². The summed E-state index contributed by atoms with van der Waals surface area (Å²) in [7, 11) is 0. The van der Waals surface area contributed by atoms with Crippen LogP contribution in [0.15, 0.2) is 200 Å². The molecule has 2 aromatic heterocycles. The van der Waals surface area contributed by atoms with E-state index in [1.165, 1.54) is 55.3 Å². The second-order valence-electron chi connectivity index (χ2n) is 15.3. The fourth-order valence-corrected chi connectivity index (χ4v) is 9.29. The molecule has 3 nitrogen and oxygen atoms in total. The highest BCUT2D eigenvalue weighted by molar-refractivity contribution is 7.81. The van der Waals surface area contributed by atoms with Gasteiger partial charge in [0, 0.05) is 33.2 Å². The van der Waals surface area contributed by atoms with E-state index in [1.54, 1.807) is 0 Å². The molecule has 0 N–H and O–H groups in total. The zero-order valence-electron chi connectivity index (χ0n) is 31.8. The molecule has 0 bridgehead atoms. The summed E-state index contributed by atoms with van der Waals surface area (Å²) in [5.41, 5.74) is 18.1. The zero-order valence-corrected chi connectivity index (χ0v) is 32.7. The van der Waals surface area contributed by atoms with Gasteiger partial charge in [0.25, 0.3) is 0 Å². The van der Waals surface area contributed by atoms with Crippen LogP contribution in [0.1, 0.15) is 18.1 Å². The fourth-order valence-electron chi connectivity index (χ4n) is 8.91. The Morgan fingerprint density at radius 2 is 1.00 bits per heavy atom. The van der Waals surface area contributed by atoms with Gasteiger partial charge in [0.05, 0.1) is 27.2 Å². The lowest BCUT2D eigenvalue weighted by atomic mass is 9.91. The Morgan fingerprint density at radius 3 is 1.79 bits per heavy atom. The molecule has 0 spiro atoms. The van der Waals surface area contributed by atoms with Crippen molar-refractivity contribution in [1.29, 1.82) is 0 Å². The molecule has 0 amide bonds. The topological polar surface area (TPSA) is 30.7 Å². The Bertz CT molecular complexity index is 3130. The number of para-hydroxylation sites is 1. The van der Waals surface area contributed by atoms with Crippen LogP contribution in [0.5, 0.6) is 0 Å². The van der Waals surface area contributed by atoms with Gasteiger partial charge < -0.3 is 4.57 Å². The van der Waals surface area contributed by atoms with Crippen LogP contribution in [-0.2, 0) is 4.75 Å². The predicted octanol–water partition coefficient (Wildman–Crippen LogP) is 14.1. The number of hydrogen-bond donors (Lipinski definition) is 1. The first-order valence-corrected chi connectivity index (χ1v) is 20.2. The number of thiol groups is 1. The first-order chi connectivity index (χ1) is 28.5. The van der Waals surface area contributed by atoms with E-state index in [0.29, 0.717) is 5.82 Å². The van der Waals surface area contributed by atoms with E-state index < -0.39 is 0 Å². The van der Waals surface area contributed by atoms with E-state index in [1.807, 2.05) is 24.3 Å². The quantitative estimate of drug-likeness (QED) is 0.171. The Labute approximate surface area is 343 Å². The number of aromatic nitrogens is 3. The van der Waals surface area contributed by atoms with Crippen LogP contribution in [0.3, 0.4) is 0 Å². The highest BCUT2D eigenvalue weighted by atomic mass is 32.1. The molecule has 0 aliphatic heterocycles. The normalized spacial score (nSPS) is 14.4. The van der Waals surface area contributed by atoms with Crippen LogP contribution in [0, 0.1) is 0 Å². The molecule has 4 heteroatoms. The molecule has 58 heavy (non-hydrogen) atoms. The van der Waals surface area contributed by atoms with Crippen molar-refractivity contribution in [1.82, 2.24) is 14.5 Å². The molecule has 2 heterocycles. The number of rotatable bonds is 6. The molecule has 0 fully saturated rings. The van der Waals surface area contributed by atoms with Crippen molar-refractivity contribution in [3.63, 3.8) is 0 Å². The van der Waals surface area contributed by atoms with Crippen LogP contribution >= 0.6 is 12.6 Å². The third-order valence-corrected chi connectivity index (χ3v) is 12.2. The van der Waals surface area contributed by atoms with Crippen molar-refractivity contribution in [2.45, 2.75) is 11.7 Å². The van der Waals surface area contributed by atoms with E-state index in [-0.39, 0.29) is 4.75 Å². The molecule has 0 radical (unpaired) electrons. The smallest absolute Gasteiger partial charge is 0.160 e. The molecule has 8 aromatic carbocycles. The lowest BCUT2D eigenvalue weighted by Gasteiger charge is -2.20. The van der Waals surface area contributed by atoms with Gasteiger partial charge in [-0.05, 0) is 93.9 Å². The first-order valence-electron chi connectivity index (χ1n) is 19.7.